The molecule has 0 bridgehead atoms. The second-order valence-electron chi connectivity index (χ2n) is 4.19. The average Bonchev–Trinajstić information content (AvgIpc) is 2.23. The van der Waals surface area contributed by atoms with Gasteiger partial charge in [0.1, 0.15) is 6.29 Å². The summed E-state index contributed by atoms with van der Waals surface area (Å²) in [4.78, 5) is 10.5. The molecular weight excluding hydrogens is 172 g/mol. The van der Waals surface area contributed by atoms with E-state index in [-0.39, 0.29) is 0 Å². The van der Waals surface area contributed by atoms with Crippen LogP contribution in [-0.2, 0) is 11.2 Å². The number of carbonyl (C=O) groups excluding carboxylic acids is 1. The topological polar surface area (TPSA) is 17.1 Å². The molecule has 1 aliphatic carbocycles. The van der Waals surface area contributed by atoms with Crippen molar-refractivity contribution in [3.05, 3.63) is 35.4 Å². The monoisotopic (exact) mass is 188 g/mol. The number of fused-ring (bicyclic) bond motifs is 1. The van der Waals surface area contributed by atoms with E-state index in [1.807, 2.05) is 0 Å². The molecule has 2 rings (SSSR count). The molecular formula is C13H16O. The zero-order chi connectivity index (χ0) is 9.97. The van der Waals surface area contributed by atoms with E-state index >= 15 is 0 Å². The zero-order valence-corrected chi connectivity index (χ0v) is 8.57. The van der Waals surface area contributed by atoms with Crippen molar-refractivity contribution in [1.29, 1.82) is 0 Å². The largest absolute Gasteiger partial charge is 0.303 e. The molecule has 0 unspecified atom stereocenters. The summed E-state index contributed by atoms with van der Waals surface area (Å²) >= 11 is 0. The predicted octanol–water partition coefficient (Wildman–Crippen LogP) is 2.94. The first-order valence-electron chi connectivity index (χ1n) is 5.34. The molecule has 2 atom stereocenters. The van der Waals surface area contributed by atoms with E-state index in [0.717, 1.165) is 25.5 Å². The lowest BCUT2D eigenvalue weighted by Gasteiger charge is -2.29. The standard InChI is InChI=1S/C13H16O/c1-10-11(8-9-14)6-7-12-4-2-3-5-13(10)12/h2-5,9-11H,6-8H2,1H3/t10-,11-/m1/s1. The van der Waals surface area contributed by atoms with E-state index < -0.39 is 0 Å². The Labute approximate surface area is 85.1 Å². The molecule has 0 saturated carbocycles. The number of carbonyl (C=O) groups is 1. The van der Waals surface area contributed by atoms with Gasteiger partial charge >= 0.3 is 0 Å². The minimum Gasteiger partial charge on any atom is -0.303 e. The summed E-state index contributed by atoms with van der Waals surface area (Å²) in [7, 11) is 0. The molecule has 74 valence electrons. The molecule has 1 nitrogen and oxygen atoms in total. The van der Waals surface area contributed by atoms with Gasteiger partial charge in [0.25, 0.3) is 0 Å². The summed E-state index contributed by atoms with van der Waals surface area (Å²) in [6.07, 6.45) is 4.08. The molecule has 0 N–H and O–H groups in total. The highest BCUT2D eigenvalue weighted by Crippen LogP contribution is 2.36. The number of aldehydes is 1. The van der Waals surface area contributed by atoms with Gasteiger partial charge in [-0.1, -0.05) is 31.2 Å². The lowest BCUT2D eigenvalue weighted by molar-refractivity contribution is -0.108. The Kier molecular flexibility index (Phi) is 2.67. The first-order valence-corrected chi connectivity index (χ1v) is 5.34. The van der Waals surface area contributed by atoms with Crippen LogP contribution >= 0.6 is 0 Å². The van der Waals surface area contributed by atoms with E-state index in [9.17, 15) is 4.79 Å². The van der Waals surface area contributed by atoms with Gasteiger partial charge in [0.05, 0.1) is 0 Å². The van der Waals surface area contributed by atoms with Crippen molar-refractivity contribution in [1.82, 2.24) is 0 Å². The van der Waals surface area contributed by atoms with Crippen LogP contribution < -0.4 is 0 Å². The maximum Gasteiger partial charge on any atom is 0.120 e. The molecule has 0 fully saturated rings. The van der Waals surface area contributed by atoms with Gasteiger partial charge < -0.3 is 4.79 Å². The van der Waals surface area contributed by atoms with Gasteiger partial charge in [-0.15, -0.1) is 0 Å². The quantitative estimate of drug-likeness (QED) is 0.652. The maximum atomic E-state index is 10.5. The van der Waals surface area contributed by atoms with Crippen molar-refractivity contribution in [2.24, 2.45) is 5.92 Å². The number of hydrogen-bond donors (Lipinski definition) is 0. The first kappa shape index (κ1) is 9.45. The Morgan fingerprint density at radius 1 is 1.43 bits per heavy atom. The third kappa shape index (κ3) is 1.59. The molecule has 0 radical (unpaired) electrons. The Morgan fingerprint density at radius 2 is 2.21 bits per heavy atom. The smallest absolute Gasteiger partial charge is 0.120 e. The van der Waals surface area contributed by atoms with Crippen LogP contribution in [0.5, 0.6) is 0 Å². The molecule has 1 heteroatoms. The van der Waals surface area contributed by atoms with Crippen LogP contribution in [0.2, 0.25) is 0 Å². The number of rotatable bonds is 2. The van der Waals surface area contributed by atoms with Gasteiger partial charge in [0.2, 0.25) is 0 Å². The van der Waals surface area contributed by atoms with Gasteiger partial charge in [0, 0.05) is 6.42 Å². The van der Waals surface area contributed by atoms with Crippen molar-refractivity contribution in [2.45, 2.75) is 32.1 Å². The van der Waals surface area contributed by atoms with Crippen molar-refractivity contribution >= 4 is 6.29 Å². The van der Waals surface area contributed by atoms with Crippen LogP contribution in [0.1, 0.15) is 36.8 Å². The van der Waals surface area contributed by atoms with E-state index in [1.165, 1.54) is 11.1 Å². The molecule has 14 heavy (non-hydrogen) atoms. The highest BCUT2D eigenvalue weighted by Gasteiger charge is 2.24. The number of aryl methyl sites for hydroxylation is 1. The SMILES string of the molecule is C[C@H]1c2ccccc2CC[C@@H]1CC=O. The molecule has 0 aliphatic heterocycles. The molecule has 0 amide bonds. The fourth-order valence-electron chi connectivity index (χ4n) is 2.50. The van der Waals surface area contributed by atoms with Gasteiger partial charge in [-0.25, -0.2) is 0 Å². The summed E-state index contributed by atoms with van der Waals surface area (Å²) < 4.78 is 0. The molecule has 1 aliphatic rings. The summed E-state index contributed by atoms with van der Waals surface area (Å²) in [6, 6.07) is 8.62. The van der Waals surface area contributed by atoms with Gasteiger partial charge in [0.15, 0.2) is 0 Å². The second kappa shape index (κ2) is 3.95. The van der Waals surface area contributed by atoms with Gasteiger partial charge in [-0.05, 0) is 35.8 Å². The van der Waals surface area contributed by atoms with Crippen LogP contribution in [0.25, 0.3) is 0 Å². The average molecular weight is 188 g/mol. The molecule has 1 aromatic carbocycles. The number of hydrogen-bond acceptors (Lipinski definition) is 1. The van der Waals surface area contributed by atoms with Crippen LogP contribution in [0.3, 0.4) is 0 Å². The van der Waals surface area contributed by atoms with E-state index in [0.29, 0.717) is 11.8 Å². The Morgan fingerprint density at radius 3 is 3.00 bits per heavy atom. The minimum absolute atomic E-state index is 0.546. The van der Waals surface area contributed by atoms with Crippen LogP contribution in [0.4, 0.5) is 0 Å². The highest BCUT2D eigenvalue weighted by molar-refractivity contribution is 5.50. The summed E-state index contributed by atoms with van der Waals surface area (Å²) in [6.45, 7) is 2.24. The Balaban J connectivity index is 2.26. The highest BCUT2D eigenvalue weighted by atomic mass is 16.1. The summed E-state index contributed by atoms with van der Waals surface area (Å²) in [5.41, 5.74) is 2.92. The lowest BCUT2D eigenvalue weighted by atomic mass is 9.75. The fourth-order valence-corrected chi connectivity index (χ4v) is 2.50. The molecule has 0 saturated heterocycles. The van der Waals surface area contributed by atoms with Crippen LogP contribution in [0, 0.1) is 5.92 Å². The van der Waals surface area contributed by atoms with E-state index in [4.69, 9.17) is 0 Å². The van der Waals surface area contributed by atoms with E-state index in [1.54, 1.807) is 0 Å². The maximum absolute atomic E-state index is 10.5. The third-order valence-electron chi connectivity index (χ3n) is 3.44. The second-order valence-corrected chi connectivity index (χ2v) is 4.19. The third-order valence-corrected chi connectivity index (χ3v) is 3.44. The van der Waals surface area contributed by atoms with Crippen molar-refractivity contribution in [3.63, 3.8) is 0 Å². The molecule has 0 heterocycles. The first-order chi connectivity index (χ1) is 6.83. The normalized spacial score (nSPS) is 25.5. The molecule has 1 aromatic rings. The molecule has 0 aromatic heterocycles. The summed E-state index contributed by atoms with van der Waals surface area (Å²) in [5, 5.41) is 0. The van der Waals surface area contributed by atoms with Crippen LogP contribution in [-0.4, -0.2) is 6.29 Å². The van der Waals surface area contributed by atoms with Gasteiger partial charge in [-0.2, -0.15) is 0 Å². The van der Waals surface area contributed by atoms with E-state index in [2.05, 4.69) is 31.2 Å². The predicted molar refractivity (Wildman–Crippen MR) is 57.3 cm³/mol. The van der Waals surface area contributed by atoms with Gasteiger partial charge in [-0.3, -0.25) is 0 Å². The Bertz CT molecular complexity index is 330. The van der Waals surface area contributed by atoms with Crippen LogP contribution in [0.15, 0.2) is 24.3 Å². The van der Waals surface area contributed by atoms with Crippen molar-refractivity contribution in [2.75, 3.05) is 0 Å². The van der Waals surface area contributed by atoms with Crippen molar-refractivity contribution in [3.8, 4) is 0 Å². The Hall–Kier alpha value is -1.11. The molecule has 0 spiro atoms. The minimum atomic E-state index is 0.546. The fraction of sp³-hybridized carbons (Fsp3) is 0.462. The summed E-state index contributed by atoms with van der Waals surface area (Å²) in [5.74, 6) is 1.10. The lowest BCUT2D eigenvalue weighted by Crippen LogP contribution is -2.18. The number of benzene rings is 1. The zero-order valence-electron chi connectivity index (χ0n) is 8.57. The van der Waals surface area contributed by atoms with Crippen molar-refractivity contribution < 1.29 is 4.79 Å².